The van der Waals surface area contributed by atoms with E-state index in [9.17, 15) is 5.11 Å². The van der Waals surface area contributed by atoms with Crippen molar-refractivity contribution in [1.82, 2.24) is 0 Å². The molecule has 0 saturated carbocycles. The molecule has 0 aliphatic rings. The molecule has 0 radical (unpaired) electrons. The summed E-state index contributed by atoms with van der Waals surface area (Å²) in [6.45, 7) is 9.66. The predicted octanol–water partition coefficient (Wildman–Crippen LogP) is 2.53. The molecule has 11 heavy (non-hydrogen) atoms. The van der Waals surface area contributed by atoms with Gasteiger partial charge in [0.1, 0.15) is 0 Å². The zero-order valence-electron chi connectivity index (χ0n) is 7.67. The van der Waals surface area contributed by atoms with E-state index in [1.807, 2.05) is 26.8 Å². The molecule has 0 bridgehead atoms. The second-order valence-corrected chi connectivity index (χ2v) is 3.18. The molecule has 0 heterocycles. The molecule has 0 aromatic heterocycles. The Morgan fingerprint density at radius 2 is 2.09 bits per heavy atom. The van der Waals surface area contributed by atoms with E-state index in [-0.39, 0.29) is 12.0 Å². The van der Waals surface area contributed by atoms with Crippen molar-refractivity contribution in [2.75, 3.05) is 0 Å². The van der Waals surface area contributed by atoms with Crippen molar-refractivity contribution < 1.29 is 5.11 Å². The van der Waals surface area contributed by atoms with E-state index < -0.39 is 0 Å². The summed E-state index contributed by atoms with van der Waals surface area (Å²) in [6.07, 6.45) is 4.28. The van der Waals surface area contributed by atoms with Crippen molar-refractivity contribution in [3.8, 4) is 0 Å². The molecule has 0 fully saturated rings. The van der Waals surface area contributed by atoms with Crippen LogP contribution in [-0.2, 0) is 0 Å². The number of hydrogen-bond acceptors (Lipinski definition) is 1. The Balaban J connectivity index is 3.77. The average Bonchev–Trinajstić information content (AvgIpc) is 1.98. The molecular weight excluding hydrogens is 136 g/mol. The third kappa shape index (κ3) is 4.79. The summed E-state index contributed by atoms with van der Waals surface area (Å²) in [7, 11) is 0. The SMILES string of the molecule is C=C[C@@H](C)[C@@H](O)CC=C(C)C. The molecule has 0 rings (SSSR count). The molecule has 0 unspecified atom stereocenters. The van der Waals surface area contributed by atoms with Crippen LogP contribution in [0.1, 0.15) is 27.2 Å². The van der Waals surface area contributed by atoms with Crippen molar-refractivity contribution in [2.24, 2.45) is 5.92 Å². The van der Waals surface area contributed by atoms with E-state index in [1.54, 1.807) is 6.08 Å². The van der Waals surface area contributed by atoms with Crippen molar-refractivity contribution in [3.63, 3.8) is 0 Å². The zero-order chi connectivity index (χ0) is 8.85. The Labute approximate surface area is 69.4 Å². The van der Waals surface area contributed by atoms with Gasteiger partial charge in [0, 0.05) is 0 Å². The van der Waals surface area contributed by atoms with Crippen LogP contribution in [0.4, 0.5) is 0 Å². The Morgan fingerprint density at radius 3 is 2.45 bits per heavy atom. The van der Waals surface area contributed by atoms with Gasteiger partial charge in [-0.15, -0.1) is 6.58 Å². The Bertz CT molecular complexity index is 143. The van der Waals surface area contributed by atoms with E-state index in [2.05, 4.69) is 6.58 Å². The highest BCUT2D eigenvalue weighted by Crippen LogP contribution is 2.09. The third-order valence-electron chi connectivity index (χ3n) is 1.75. The van der Waals surface area contributed by atoms with Crippen LogP contribution in [0.15, 0.2) is 24.3 Å². The summed E-state index contributed by atoms with van der Waals surface area (Å²) in [6, 6.07) is 0. The van der Waals surface area contributed by atoms with Gasteiger partial charge in [0.2, 0.25) is 0 Å². The quantitative estimate of drug-likeness (QED) is 0.617. The minimum atomic E-state index is -0.276. The van der Waals surface area contributed by atoms with Crippen LogP contribution in [-0.4, -0.2) is 11.2 Å². The van der Waals surface area contributed by atoms with Crippen molar-refractivity contribution in [2.45, 2.75) is 33.3 Å². The molecule has 64 valence electrons. The van der Waals surface area contributed by atoms with Gasteiger partial charge in [-0.2, -0.15) is 0 Å². The van der Waals surface area contributed by atoms with Crippen molar-refractivity contribution in [1.29, 1.82) is 0 Å². The lowest BCUT2D eigenvalue weighted by Crippen LogP contribution is -2.14. The van der Waals surface area contributed by atoms with Crippen LogP contribution in [0.3, 0.4) is 0 Å². The molecule has 0 spiro atoms. The maximum absolute atomic E-state index is 9.45. The fourth-order valence-electron chi connectivity index (χ4n) is 0.728. The Hall–Kier alpha value is -0.560. The van der Waals surface area contributed by atoms with Gasteiger partial charge in [0.25, 0.3) is 0 Å². The smallest absolute Gasteiger partial charge is 0.0634 e. The minimum Gasteiger partial charge on any atom is -0.392 e. The van der Waals surface area contributed by atoms with Crippen molar-refractivity contribution in [3.05, 3.63) is 24.3 Å². The van der Waals surface area contributed by atoms with Gasteiger partial charge in [-0.1, -0.05) is 24.6 Å². The van der Waals surface area contributed by atoms with Gasteiger partial charge in [-0.3, -0.25) is 0 Å². The molecule has 0 aliphatic carbocycles. The molecule has 2 atom stereocenters. The molecule has 1 heteroatoms. The predicted molar refractivity (Wildman–Crippen MR) is 49.4 cm³/mol. The van der Waals surface area contributed by atoms with Crippen LogP contribution < -0.4 is 0 Å². The first-order chi connectivity index (χ1) is 5.07. The Kier molecular flexibility index (Phi) is 4.88. The number of hydrogen-bond donors (Lipinski definition) is 1. The van der Waals surface area contributed by atoms with Crippen LogP contribution in [0, 0.1) is 5.92 Å². The van der Waals surface area contributed by atoms with Gasteiger partial charge < -0.3 is 5.11 Å². The van der Waals surface area contributed by atoms with Gasteiger partial charge >= 0.3 is 0 Å². The highest BCUT2D eigenvalue weighted by atomic mass is 16.3. The minimum absolute atomic E-state index is 0.186. The molecule has 0 aromatic rings. The third-order valence-corrected chi connectivity index (χ3v) is 1.75. The lowest BCUT2D eigenvalue weighted by atomic mass is 10.0. The van der Waals surface area contributed by atoms with E-state index in [4.69, 9.17) is 0 Å². The summed E-state index contributed by atoms with van der Waals surface area (Å²) in [4.78, 5) is 0. The molecule has 0 saturated heterocycles. The summed E-state index contributed by atoms with van der Waals surface area (Å²) in [5, 5.41) is 9.45. The van der Waals surface area contributed by atoms with Crippen LogP contribution in [0.5, 0.6) is 0 Å². The van der Waals surface area contributed by atoms with Gasteiger partial charge in [-0.25, -0.2) is 0 Å². The number of aliphatic hydroxyl groups excluding tert-OH is 1. The number of rotatable bonds is 4. The number of aliphatic hydroxyl groups is 1. The normalized spacial score (nSPS) is 15.3. The zero-order valence-corrected chi connectivity index (χ0v) is 7.67. The maximum atomic E-state index is 9.45. The largest absolute Gasteiger partial charge is 0.392 e. The monoisotopic (exact) mass is 154 g/mol. The van der Waals surface area contributed by atoms with Crippen molar-refractivity contribution >= 4 is 0 Å². The summed E-state index contributed by atoms with van der Waals surface area (Å²) in [5.74, 6) is 0.186. The summed E-state index contributed by atoms with van der Waals surface area (Å²) < 4.78 is 0. The van der Waals surface area contributed by atoms with Gasteiger partial charge in [-0.05, 0) is 26.2 Å². The second-order valence-electron chi connectivity index (χ2n) is 3.18. The fourth-order valence-corrected chi connectivity index (χ4v) is 0.728. The topological polar surface area (TPSA) is 20.2 Å². The average molecular weight is 154 g/mol. The first-order valence-electron chi connectivity index (χ1n) is 4.02. The summed E-state index contributed by atoms with van der Waals surface area (Å²) >= 11 is 0. The molecular formula is C10H18O. The van der Waals surface area contributed by atoms with E-state index in [0.29, 0.717) is 0 Å². The second kappa shape index (κ2) is 5.14. The lowest BCUT2D eigenvalue weighted by Gasteiger charge is -2.12. The molecule has 1 N–H and O–H groups in total. The fraction of sp³-hybridized carbons (Fsp3) is 0.600. The maximum Gasteiger partial charge on any atom is 0.0634 e. The number of allylic oxidation sites excluding steroid dienone is 1. The van der Waals surface area contributed by atoms with Crippen LogP contribution in [0.2, 0.25) is 0 Å². The van der Waals surface area contributed by atoms with E-state index in [1.165, 1.54) is 5.57 Å². The lowest BCUT2D eigenvalue weighted by molar-refractivity contribution is 0.141. The van der Waals surface area contributed by atoms with E-state index >= 15 is 0 Å². The van der Waals surface area contributed by atoms with Gasteiger partial charge in [0.15, 0.2) is 0 Å². The standard InChI is InChI=1S/C10H18O/c1-5-9(4)10(11)7-6-8(2)3/h5-6,9-11H,1,7H2,2-4H3/t9-,10+/m1/s1. The van der Waals surface area contributed by atoms with E-state index in [0.717, 1.165) is 6.42 Å². The molecule has 1 nitrogen and oxygen atoms in total. The first-order valence-corrected chi connectivity index (χ1v) is 4.02. The highest BCUT2D eigenvalue weighted by molar-refractivity contribution is 4.96. The first kappa shape index (κ1) is 10.4. The molecule has 0 amide bonds. The summed E-state index contributed by atoms with van der Waals surface area (Å²) in [5.41, 5.74) is 1.25. The Morgan fingerprint density at radius 1 is 1.55 bits per heavy atom. The van der Waals surface area contributed by atoms with Crippen LogP contribution >= 0.6 is 0 Å². The van der Waals surface area contributed by atoms with Crippen LogP contribution in [0.25, 0.3) is 0 Å². The molecule has 0 aliphatic heterocycles. The highest BCUT2D eigenvalue weighted by Gasteiger charge is 2.07. The molecule has 0 aromatic carbocycles. The van der Waals surface area contributed by atoms with Gasteiger partial charge in [0.05, 0.1) is 6.10 Å².